The maximum atomic E-state index is 12.9. The Morgan fingerprint density at radius 3 is 2.78 bits per heavy atom. The molecular formula is C26H29F3N8. The van der Waals surface area contributed by atoms with Gasteiger partial charge in [0, 0.05) is 54.4 Å². The quantitative estimate of drug-likeness (QED) is 0.387. The lowest BCUT2D eigenvalue weighted by Crippen LogP contribution is -2.31. The highest BCUT2D eigenvalue weighted by Gasteiger charge is 2.44. The Labute approximate surface area is 212 Å². The summed E-state index contributed by atoms with van der Waals surface area (Å²) in [7, 11) is 0. The minimum Gasteiger partial charge on any atom is -0.357 e. The van der Waals surface area contributed by atoms with Gasteiger partial charge in [0.05, 0.1) is 11.9 Å². The predicted molar refractivity (Wildman–Crippen MR) is 137 cm³/mol. The van der Waals surface area contributed by atoms with Gasteiger partial charge in [0.2, 0.25) is 0 Å². The average molecular weight is 511 g/mol. The molecule has 2 saturated heterocycles. The lowest BCUT2D eigenvalue weighted by Gasteiger charge is -2.25. The third-order valence-electron chi connectivity index (χ3n) is 7.86. The summed E-state index contributed by atoms with van der Waals surface area (Å²) in [4.78, 5) is 20.7. The van der Waals surface area contributed by atoms with Gasteiger partial charge in [-0.2, -0.15) is 18.3 Å². The molecule has 0 bridgehead atoms. The molecule has 11 heteroatoms. The highest BCUT2D eigenvalue weighted by Crippen LogP contribution is 2.42. The number of hydrogen-bond acceptors (Lipinski definition) is 6. The minimum atomic E-state index is -4.34. The Bertz CT molecular complexity index is 1470. The zero-order valence-corrected chi connectivity index (χ0v) is 20.7. The van der Waals surface area contributed by atoms with E-state index in [9.17, 15) is 13.2 Å². The van der Waals surface area contributed by atoms with Crippen LogP contribution in [0.3, 0.4) is 0 Å². The second-order valence-corrected chi connectivity index (χ2v) is 10.5. The number of alkyl halides is 3. The van der Waals surface area contributed by atoms with Crippen molar-refractivity contribution in [2.45, 2.75) is 45.6 Å². The highest BCUT2D eigenvalue weighted by molar-refractivity contribution is 5.86. The summed E-state index contributed by atoms with van der Waals surface area (Å²) in [5.41, 5.74) is 5.25. The van der Waals surface area contributed by atoms with Gasteiger partial charge in [-0.15, -0.1) is 0 Å². The van der Waals surface area contributed by atoms with Gasteiger partial charge in [-0.1, -0.05) is 6.07 Å². The van der Waals surface area contributed by atoms with E-state index in [4.69, 9.17) is 0 Å². The maximum absolute atomic E-state index is 12.9. The number of aliphatic imine (C=N–C) groups is 1. The first-order valence-electron chi connectivity index (χ1n) is 12.5. The van der Waals surface area contributed by atoms with Crippen LogP contribution in [0.1, 0.15) is 29.7 Å². The number of aromatic nitrogens is 5. The number of aryl methyl sites for hydroxylation is 1. The van der Waals surface area contributed by atoms with Gasteiger partial charge in [0.25, 0.3) is 0 Å². The van der Waals surface area contributed by atoms with E-state index in [0.717, 1.165) is 61.5 Å². The zero-order valence-electron chi connectivity index (χ0n) is 20.7. The Hall–Kier alpha value is -3.47. The van der Waals surface area contributed by atoms with E-state index >= 15 is 0 Å². The van der Waals surface area contributed by atoms with E-state index < -0.39 is 12.7 Å². The van der Waals surface area contributed by atoms with Crippen molar-refractivity contribution in [2.75, 3.05) is 31.1 Å². The molecule has 194 valence electrons. The SMILES string of the molecule is C=NCc1cc2c(C)c(CN3CCC4(CCN(c5ncnc6nn(CC(F)(F)F)cc56)C4)C3)ccc2[nH]1. The molecule has 0 aliphatic carbocycles. The smallest absolute Gasteiger partial charge is 0.357 e. The fraction of sp³-hybridized carbons (Fsp3) is 0.462. The highest BCUT2D eigenvalue weighted by atomic mass is 19.4. The van der Waals surface area contributed by atoms with Crippen LogP contribution in [0.15, 0.2) is 35.7 Å². The lowest BCUT2D eigenvalue weighted by atomic mass is 9.86. The molecular weight excluding hydrogens is 481 g/mol. The molecule has 0 saturated carbocycles. The van der Waals surface area contributed by atoms with Gasteiger partial charge in [-0.3, -0.25) is 14.6 Å². The van der Waals surface area contributed by atoms with Gasteiger partial charge in [-0.05, 0) is 56.3 Å². The van der Waals surface area contributed by atoms with Crippen LogP contribution in [-0.4, -0.2) is 68.7 Å². The molecule has 1 spiro atoms. The summed E-state index contributed by atoms with van der Waals surface area (Å²) in [6.45, 7) is 9.76. The number of nitrogens with one attached hydrogen (secondary N) is 1. The fourth-order valence-electron chi connectivity index (χ4n) is 6.07. The number of aromatic amines is 1. The van der Waals surface area contributed by atoms with Gasteiger partial charge >= 0.3 is 6.18 Å². The van der Waals surface area contributed by atoms with Crippen molar-refractivity contribution in [1.29, 1.82) is 0 Å². The summed E-state index contributed by atoms with van der Waals surface area (Å²) >= 11 is 0. The van der Waals surface area contributed by atoms with Crippen LogP contribution in [-0.2, 0) is 19.6 Å². The number of rotatable bonds is 6. The van der Waals surface area contributed by atoms with Crippen molar-refractivity contribution in [2.24, 2.45) is 10.4 Å². The molecule has 1 atom stereocenters. The summed E-state index contributed by atoms with van der Waals surface area (Å²) in [5, 5.41) is 5.82. The lowest BCUT2D eigenvalue weighted by molar-refractivity contribution is -0.142. The van der Waals surface area contributed by atoms with Crippen molar-refractivity contribution < 1.29 is 13.2 Å². The molecule has 2 aliphatic rings. The number of likely N-dealkylation sites (tertiary alicyclic amines) is 1. The fourth-order valence-corrected chi connectivity index (χ4v) is 6.07. The number of nitrogens with zero attached hydrogens (tertiary/aromatic N) is 7. The monoisotopic (exact) mass is 510 g/mol. The van der Waals surface area contributed by atoms with Crippen LogP contribution in [0, 0.1) is 12.3 Å². The number of fused-ring (bicyclic) bond motifs is 2. The number of hydrogen-bond donors (Lipinski definition) is 1. The van der Waals surface area contributed by atoms with Crippen molar-refractivity contribution in [1.82, 2.24) is 29.6 Å². The van der Waals surface area contributed by atoms with E-state index in [1.807, 2.05) is 0 Å². The molecule has 5 heterocycles. The number of anilines is 1. The minimum absolute atomic E-state index is 0.147. The Morgan fingerprint density at radius 1 is 1.14 bits per heavy atom. The molecule has 0 radical (unpaired) electrons. The van der Waals surface area contributed by atoms with E-state index in [1.165, 1.54) is 29.0 Å². The molecule has 8 nitrogen and oxygen atoms in total. The zero-order chi connectivity index (χ0) is 25.8. The number of halogens is 3. The standard InChI is InChI=1S/C26H29F3N8/c1-17-18(3-4-22-20(17)9-19(33-22)10-30-2)11-35-7-5-25(13-35)6-8-36(14-25)24-21-12-37(15-26(27,28)29)34-23(21)31-16-32-24/h3-4,9,12,16,33H,2,5-8,10-11,13-15H2,1H3. The van der Waals surface area contributed by atoms with Crippen LogP contribution in [0.25, 0.3) is 21.9 Å². The van der Waals surface area contributed by atoms with Crippen LogP contribution in [0.2, 0.25) is 0 Å². The van der Waals surface area contributed by atoms with Gasteiger partial charge in [0.1, 0.15) is 18.7 Å². The molecule has 2 fully saturated rings. The maximum Gasteiger partial charge on any atom is 0.408 e. The van der Waals surface area contributed by atoms with Gasteiger partial charge < -0.3 is 9.88 Å². The first-order valence-corrected chi connectivity index (χ1v) is 12.5. The Balaban J connectivity index is 1.17. The topological polar surface area (TPSA) is 78.2 Å². The van der Waals surface area contributed by atoms with Crippen LogP contribution >= 0.6 is 0 Å². The van der Waals surface area contributed by atoms with Crippen molar-refractivity contribution in [3.8, 4) is 0 Å². The second-order valence-electron chi connectivity index (χ2n) is 10.5. The second kappa shape index (κ2) is 8.83. The molecule has 2 aliphatic heterocycles. The van der Waals surface area contributed by atoms with E-state index in [-0.39, 0.29) is 5.41 Å². The summed E-state index contributed by atoms with van der Waals surface area (Å²) in [6.07, 6.45) is 0.590. The Morgan fingerprint density at radius 2 is 1.97 bits per heavy atom. The third kappa shape index (κ3) is 4.56. The molecule has 37 heavy (non-hydrogen) atoms. The van der Waals surface area contributed by atoms with Crippen LogP contribution in [0.4, 0.5) is 19.0 Å². The molecule has 3 aromatic heterocycles. The molecule has 4 aromatic rings. The normalized spacial score (nSPS) is 20.7. The average Bonchev–Trinajstić information content (AvgIpc) is 3.61. The van der Waals surface area contributed by atoms with Crippen molar-refractivity contribution in [3.63, 3.8) is 0 Å². The van der Waals surface area contributed by atoms with E-state index in [2.05, 4.69) is 66.7 Å². The van der Waals surface area contributed by atoms with Crippen LogP contribution < -0.4 is 4.90 Å². The number of H-pyrrole nitrogens is 1. The molecule has 1 unspecified atom stereocenters. The van der Waals surface area contributed by atoms with Gasteiger partial charge in [0.15, 0.2) is 5.65 Å². The molecule has 1 aromatic carbocycles. The van der Waals surface area contributed by atoms with Crippen LogP contribution in [0.5, 0.6) is 0 Å². The van der Waals surface area contributed by atoms with E-state index in [0.29, 0.717) is 23.4 Å². The number of benzene rings is 1. The molecule has 0 amide bonds. The van der Waals surface area contributed by atoms with Crippen molar-refractivity contribution >= 4 is 34.5 Å². The third-order valence-corrected chi connectivity index (χ3v) is 7.86. The van der Waals surface area contributed by atoms with Crippen molar-refractivity contribution in [3.05, 3.63) is 47.5 Å². The summed E-state index contributed by atoms with van der Waals surface area (Å²) in [6, 6.07) is 6.52. The largest absolute Gasteiger partial charge is 0.408 e. The first kappa shape index (κ1) is 23.9. The molecule has 1 N–H and O–H groups in total. The van der Waals surface area contributed by atoms with Gasteiger partial charge in [-0.25, -0.2) is 9.97 Å². The summed E-state index contributed by atoms with van der Waals surface area (Å²) in [5.74, 6) is 0.673. The Kier molecular flexibility index (Phi) is 5.70. The molecule has 6 rings (SSSR count). The first-order chi connectivity index (χ1) is 17.7. The predicted octanol–water partition coefficient (Wildman–Crippen LogP) is 4.48. The summed E-state index contributed by atoms with van der Waals surface area (Å²) < 4.78 is 39.5. The van der Waals surface area contributed by atoms with E-state index in [1.54, 1.807) is 0 Å².